The van der Waals surface area contributed by atoms with Crippen molar-refractivity contribution in [2.24, 2.45) is 0 Å². The van der Waals surface area contributed by atoms with Crippen LogP contribution in [0, 0.1) is 0 Å². The first-order chi connectivity index (χ1) is 11.8. The van der Waals surface area contributed by atoms with Gasteiger partial charge in [0.15, 0.2) is 11.5 Å². The van der Waals surface area contributed by atoms with Crippen molar-refractivity contribution in [3.63, 3.8) is 0 Å². The number of fused-ring (bicyclic) bond motifs is 1. The lowest BCUT2D eigenvalue weighted by molar-refractivity contribution is 0.102. The first-order valence-corrected chi connectivity index (χ1v) is 8.07. The Morgan fingerprint density at radius 2 is 1.79 bits per heavy atom. The Kier molecular flexibility index (Phi) is 3.90. The van der Waals surface area contributed by atoms with E-state index in [0.717, 1.165) is 19.0 Å². The number of rotatable bonds is 3. The number of carbonyl (C=O) groups excluding carboxylic acids is 1. The number of amides is 1. The summed E-state index contributed by atoms with van der Waals surface area (Å²) in [6.07, 6.45) is 6.89. The molecule has 7 heteroatoms. The van der Waals surface area contributed by atoms with Gasteiger partial charge in [-0.3, -0.25) is 4.79 Å². The fourth-order valence-corrected chi connectivity index (χ4v) is 2.88. The van der Waals surface area contributed by atoms with E-state index in [-0.39, 0.29) is 12.7 Å². The first kappa shape index (κ1) is 14.7. The molecular weight excluding hydrogens is 308 g/mol. The molecular formula is C17H18N4O3. The summed E-state index contributed by atoms with van der Waals surface area (Å²) in [6.45, 7) is 2.16. The Labute approximate surface area is 139 Å². The van der Waals surface area contributed by atoms with Crippen molar-refractivity contribution < 1.29 is 14.3 Å². The van der Waals surface area contributed by atoms with Gasteiger partial charge in [0.2, 0.25) is 12.7 Å². The summed E-state index contributed by atoms with van der Waals surface area (Å²) in [5.41, 5.74) is 1.07. The Morgan fingerprint density at radius 1 is 1.04 bits per heavy atom. The monoisotopic (exact) mass is 326 g/mol. The van der Waals surface area contributed by atoms with E-state index in [9.17, 15) is 4.79 Å². The zero-order valence-electron chi connectivity index (χ0n) is 13.2. The van der Waals surface area contributed by atoms with Crippen molar-refractivity contribution in [2.45, 2.75) is 19.3 Å². The molecule has 1 aromatic heterocycles. The minimum absolute atomic E-state index is 0.187. The van der Waals surface area contributed by atoms with E-state index in [1.165, 1.54) is 19.3 Å². The summed E-state index contributed by atoms with van der Waals surface area (Å²) < 4.78 is 10.5. The molecule has 7 nitrogen and oxygen atoms in total. The molecule has 124 valence electrons. The van der Waals surface area contributed by atoms with E-state index < -0.39 is 0 Å². The minimum Gasteiger partial charge on any atom is -0.454 e. The highest BCUT2D eigenvalue weighted by Gasteiger charge is 2.17. The predicted octanol–water partition coefficient (Wildman–Crippen LogP) is 2.45. The van der Waals surface area contributed by atoms with Gasteiger partial charge in [0.25, 0.3) is 5.91 Å². The van der Waals surface area contributed by atoms with Crippen LogP contribution < -0.4 is 19.7 Å². The lowest BCUT2D eigenvalue weighted by atomic mass is 10.1. The number of hydrogen-bond acceptors (Lipinski definition) is 6. The maximum atomic E-state index is 12.3. The van der Waals surface area contributed by atoms with Crippen LogP contribution in [0.4, 0.5) is 11.6 Å². The molecule has 1 saturated heterocycles. The van der Waals surface area contributed by atoms with E-state index in [4.69, 9.17) is 9.47 Å². The van der Waals surface area contributed by atoms with Gasteiger partial charge in [-0.1, -0.05) is 0 Å². The Hall–Kier alpha value is -2.83. The summed E-state index contributed by atoms with van der Waals surface area (Å²) in [4.78, 5) is 23.2. The number of anilines is 2. The maximum Gasteiger partial charge on any atom is 0.255 e. The third-order valence-corrected chi connectivity index (χ3v) is 4.17. The third-order valence-electron chi connectivity index (χ3n) is 4.17. The summed E-state index contributed by atoms with van der Waals surface area (Å²) in [7, 11) is 0. The fourth-order valence-electron chi connectivity index (χ4n) is 2.88. The number of nitrogens with one attached hydrogen (secondary N) is 1. The SMILES string of the molecule is O=C(Nc1cnc(N2CCCCC2)nc1)c1ccc2c(c1)OCO2. The normalized spacial score (nSPS) is 16.1. The quantitative estimate of drug-likeness (QED) is 0.933. The minimum atomic E-state index is -0.234. The van der Waals surface area contributed by atoms with Gasteiger partial charge in [0, 0.05) is 18.7 Å². The number of carbonyl (C=O) groups is 1. The van der Waals surface area contributed by atoms with Crippen LogP contribution >= 0.6 is 0 Å². The molecule has 2 aromatic rings. The van der Waals surface area contributed by atoms with E-state index in [2.05, 4.69) is 20.2 Å². The van der Waals surface area contributed by atoms with Crippen LogP contribution in [-0.2, 0) is 0 Å². The molecule has 3 heterocycles. The molecule has 0 aliphatic carbocycles. The second-order valence-corrected chi connectivity index (χ2v) is 5.84. The van der Waals surface area contributed by atoms with Crippen molar-refractivity contribution in [3.8, 4) is 11.5 Å². The summed E-state index contributed by atoms with van der Waals surface area (Å²) in [6, 6.07) is 5.10. The highest BCUT2D eigenvalue weighted by Crippen LogP contribution is 2.32. The van der Waals surface area contributed by atoms with Crippen LogP contribution in [0.3, 0.4) is 0 Å². The molecule has 4 rings (SSSR count). The Morgan fingerprint density at radius 3 is 2.58 bits per heavy atom. The second-order valence-electron chi connectivity index (χ2n) is 5.84. The number of aromatic nitrogens is 2. The number of ether oxygens (including phenoxy) is 2. The molecule has 24 heavy (non-hydrogen) atoms. The largest absolute Gasteiger partial charge is 0.454 e. The zero-order chi connectivity index (χ0) is 16.4. The van der Waals surface area contributed by atoms with Gasteiger partial charge in [-0.15, -0.1) is 0 Å². The first-order valence-electron chi connectivity index (χ1n) is 8.07. The van der Waals surface area contributed by atoms with Gasteiger partial charge in [-0.25, -0.2) is 9.97 Å². The molecule has 2 aliphatic rings. The number of piperidine rings is 1. The van der Waals surface area contributed by atoms with Gasteiger partial charge < -0.3 is 19.7 Å². The van der Waals surface area contributed by atoms with Crippen LogP contribution in [0.15, 0.2) is 30.6 Å². The Balaban J connectivity index is 1.44. The zero-order valence-corrected chi connectivity index (χ0v) is 13.2. The predicted molar refractivity (Wildman–Crippen MR) is 88.6 cm³/mol. The van der Waals surface area contributed by atoms with E-state index >= 15 is 0 Å². The fraction of sp³-hybridized carbons (Fsp3) is 0.353. The molecule has 1 amide bonds. The molecule has 1 fully saturated rings. The van der Waals surface area contributed by atoms with Gasteiger partial charge in [-0.05, 0) is 37.5 Å². The van der Waals surface area contributed by atoms with E-state index in [1.807, 2.05) is 0 Å². The molecule has 0 atom stereocenters. The van der Waals surface area contributed by atoms with Crippen LogP contribution in [-0.4, -0.2) is 35.8 Å². The van der Waals surface area contributed by atoms with E-state index in [0.29, 0.717) is 22.7 Å². The summed E-state index contributed by atoms with van der Waals surface area (Å²) in [5.74, 6) is 1.72. The third kappa shape index (κ3) is 2.97. The standard InChI is InChI=1S/C17H18N4O3/c22-16(12-4-5-14-15(8-12)24-11-23-14)20-13-9-18-17(19-10-13)21-6-2-1-3-7-21/h4-5,8-10H,1-3,6-7,11H2,(H,20,22). The van der Waals surface area contributed by atoms with Crippen molar-refractivity contribution >= 4 is 17.5 Å². The molecule has 2 aliphatic heterocycles. The smallest absolute Gasteiger partial charge is 0.255 e. The molecule has 0 unspecified atom stereocenters. The van der Waals surface area contributed by atoms with Crippen molar-refractivity contribution in [3.05, 3.63) is 36.2 Å². The summed E-state index contributed by atoms with van der Waals surface area (Å²) >= 11 is 0. The molecule has 1 N–H and O–H groups in total. The lowest BCUT2D eigenvalue weighted by Crippen LogP contribution is -2.30. The van der Waals surface area contributed by atoms with Crippen molar-refractivity contribution in [2.75, 3.05) is 30.1 Å². The van der Waals surface area contributed by atoms with Crippen molar-refractivity contribution in [1.29, 1.82) is 0 Å². The molecule has 0 saturated carbocycles. The van der Waals surface area contributed by atoms with Gasteiger partial charge >= 0.3 is 0 Å². The molecule has 1 aromatic carbocycles. The lowest BCUT2D eigenvalue weighted by Gasteiger charge is -2.26. The molecule has 0 bridgehead atoms. The molecule has 0 spiro atoms. The summed E-state index contributed by atoms with van der Waals surface area (Å²) in [5, 5.41) is 2.80. The van der Waals surface area contributed by atoms with Crippen molar-refractivity contribution in [1.82, 2.24) is 9.97 Å². The number of benzene rings is 1. The second kappa shape index (κ2) is 6.35. The maximum absolute atomic E-state index is 12.3. The number of hydrogen-bond donors (Lipinski definition) is 1. The highest BCUT2D eigenvalue weighted by molar-refractivity contribution is 6.04. The van der Waals surface area contributed by atoms with Gasteiger partial charge in [0.05, 0.1) is 18.1 Å². The van der Waals surface area contributed by atoms with Gasteiger partial charge in [0.1, 0.15) is 0 Å². The molecule has 0 radical (unpaired) electrons. The average molecular weight is 326 g/mol. The average Bonchev–Trinajstić information content (AvgIpc) is 3.11. The van der Waals surface area contributed by atoms with Crippen LogP contribution in [0.2, 0.25) is 0 Å². The highest BCUT2D eigenvalue weighted by atomic mass is 16.7. The Bertz CT molecular complexity index is 742. The van der Waals surface area contributed by atoms with Crippen LogP contribution in [0.25, 0.3) is 0 Å². The van der Waals surface area contributed by atoms with Crippen LogP contribution in [0.1, 0.15) is 29.6 Å². The topological polar surface area (TPSA) is 76.6 Å². The van der Waals surface area contributed by atoms with Gasteiger partial charge in [-0.2, -0.15) is 0 Å². The van der Waals surface area contributed by atoms with E-state index in [1.54, 1.807) is 30.6 Å². The van der Waals surface area contributed by atoms with Crippen LogP contribution in [0.5, 0.6) is 11.5 Å². The number of nitrogens with zero attached hydrogens (tertiary/aromatic N) is 3.